The van der Waals surface area contributed by atoms with Crippen LogP contribution in [0.5, 0.6) is 5.75 Å². The Morgan fingerprint density at radius 1 is 1.24 bits per heavy atom. The number of benzene rings is 1. The molecular weight excluding hydrogens is 218 g/mol. The third kappa shape index (κ3) is 2.30. The van der Waals surface area contributed by atoms with Gasteiger partial charge in [-0.1, -0.05) is 6.07 Å². The number of phenolic OH excluding ortho intramolecular Hbond substituents is 1. The van der Waals surface area contributed by atoms with Crippen LogP contribution in [-0.4, -0.2) is 11.0 Å². The summed E-state index contributed by atoms with van der Waals surface area (Å²) in [5.41, 5.74) is 1.20. The minimum atomic E-state index is -0.327. The van der Waals surface area contributed by atoms with E-state index < -0.39 is 0 Å². The highest BCUT2D eigenvalue weighted by Crippen LogP contribution is 2.24. The van der Waals surface area contributed by atoms with E-state index in [1.165, 1.54) is 0 Å². The molecule has 0 radical (unpaired) electrons. The first-order valence-corrected chi connectivity index (χ1v) is 5.24. The zero-order valence-corrected chi connectivity index (χ0v) is 9.65. The molecule has 0 atom stereocenters. The highest BCUT2D eigenvalue weighted by Gasteiger charge is 2.12. The van der Waals surface area contributed by atoms with E-state index in [9.17, 15) is 9.90 Å². The maximum Gasteiger partial charge on any atom is 0.291 e. The summed E-state index contributed by atoms with van der Waals surface area (Å²) in [5, 5.41) is 12.2. The van der Waals surface area contributed by atoms with E-state index in [4.69, 9.17) is 4.42 Å². The normalized spacial score (nSPS) is 10.2. The fraction of sp³-hybridized carbons (Fsp3) is 0.154. The number of aromatic hydroxyl groups is 1. The summed E-state index contributed by atoms with van der Waals surface area (Å²) in [5.74, 6) is 0.762. The molecule has 1 aromatic carbocycles. The maximum absolute atomic E-state index is 11.8. The molecule has 0 fully saturated rings. The van der Waals surface area contributed by atoms with Gasteiger partial charge >= 0.3 is 0 Å². The monoisotopic (exact) mass is 231 g/mol. The van der Waals surface area contributed by atoms with Crippen molar-refractivity contribution in [3.05, 3.63) is 47.4 Å². The standard InChI is InChI=1S/C13H13NO3/c1-8-6-7-12(17-8)13(16)14-10-4-3-5-11(15)9(10)2/h3-7,15H,1-2H3,(H,14,16). The molecule has 2 rings (SSSR count). The van der Waals surface area contributed by atoms with Crippen LogP contribution >= 0.6 is 0 Å². The van der Waals surface area contributed by atoms with E-state index in [-0.39, 0.29) is 17.4 Å². The predicted octanol–water partition coefficient (Wildman–Crippen LogP) is 2.85. The molecule has 0 unspecified atom stereocenters. The quantitative estimate of drug-likeness (QED) is 0.835. The topological polar surface area (TPSA) is 62.5 Å². The lowest BCUT2D eigenvalue weighted by molar-refractivity contribution is 0.0995. The van der Waals surface area contributed by atoms with Crippen molar-refractivity contribution in [1.82, 2.24) is 0 Å². The molecule has 0 spiro atoms. The van der Waals surface area contributed by atoms with E-state index >= 15 is 0 Å². The van der Waals surface area contributed by atoms with E-state index in [1.807, 2.05) is 0 Å². The van der Waals surface area contributed by atoms with Crippen molar-refractivity contribution in [3.63, 3.8) is 0 Å². The highest BCUT2D eigenvalue weighted by atomic mass is 16.3. The Labute approximate surface area is 98.9 Å². The second-order valence-electron chi connectivity index (χ2n) is 3.81. The second-order valence-corrected chi connectivity index (χ2v) is 3.81. The molecule has 0 saturated carbocycles. The average Bonchev–Trinajstić information content (AvgIpc) is 2.72. The van der Waals surface area contributed by atoms with Crippen LogP contribution in [0.25, 0.3) is 0 Å². The molecule has 0 aliphatic heterocycles. The molecule has 4 nitrogen and oxygen atoms in total. The molecule has 0 aliphatic carbocycles. The van der Waals surface area contributed by atoms with Gasteiger partial charge in [0.1, 0.15) is 11.5 Å². The van der Waals surface area contributed by atoms with Gasteiger partial charge in [0.2, 0.25) is 0 Å². The van der Waals surface area contributed by atoms with Gasteiger partial charge in [0.05, 0.1) is 0 Å². The fourth-order valence-corrected chi connectivity index (χ4v) is 1.50. The van der Waals surface area contributed by atoms with Gasteiger partial charge in [-0.05, 0) is 38.1 Å². The van der Waals surface area contributed by atoms with Crippen LogP contribution in [0.2, 0.25) is 0 Å². The van der Waals surface area contributed by atoms with Crippen molar-refractivity contribution in [3.8, 4) is 5.75 Å². The summed E-state index contributed by atoms with van der Waals surface area (Å²) < 4.78 is 5.21. The predicted molar refractivity (Wildman–Crippen MR) is 64.2 cm³/mol. The number of phenols is 1. The number of hydrogen-bond donors (Lipinski definition) is 2. The van der Waals surface area contributed by atoms with Crippen molar-refractivity contribution in [2.75, 3.05) is 5.32 Å². The van der Waals surface area contributed by atoms with Crippen LogP contribution in [0.15, 0.2) is 34.7 Å². The lowest BCUT2D eigenvalue weighted by atomic mass is 10.2. The zero-order chi connectivity index (χ0) is 12.4. The van der Waals surface area contributed by atoms with Gasteiger partial charge in [-0.3, -0.25) is 4.79 Å². The Hall–Kier alpha value is -2.23. The largest absolute Gasteiger partial charge is 0.508 e. The van der Waals surface area contributed by atoms with Gasteiger partial charge in [0.15, 0.2) is 5.76 Å². The Bertz CT molecular complexity index is 558. The van der Waals surface area contributed by atoms with Crippen LogP contribution in [0.1, 0.15) is 21.9 Å². The molecule has 0 aliphatic rings. The van der Waals surface area contributed by atoms with E-state index in [1.54, 1.807) is 44.2 Å². The van der Waals surface area contributed by atoms with Crippen LogP contribution in [-0.2, 0) is 0 Å². The van der Waals surface area contributed by atoms with Crippen LogP contribution < -0.4 is 5.32 Å². The molecule has 1 heterocycles. The number of anilines is 1. The summed E-state index contributed by atoms with van der Waals surface area (Å²) in [7, 11) is 0. The van der Waals surface area contributed by atoms with E-state index in [0.29, 0.717) is 17.0 Å². The molecule has 0 saturated heterocycles. The van der Waals surface area contributed by atoms with Crippen molar-refractivity contribution < 1.29 is 14.3 Å². The smallest absolute Gasteiger partial charge is 0.291 e. The number of aryl methyl sites for hydroxylation is 1. The number of carbonyl (C=O) groups is 1. The molecule has 88 valence electrons. The van der Waals surface area contributed by atoms with Crippen molar-refractivity contribution in [1.29, 1.82) is 0 Å². The molecule has 0 bridgehead atoms. The van der Waals surface area contributed by atoms with Gasteiger partial charge < -0.3 is 14.8 Å². The summed E-state index contributed by atoms with van der Waals surface area (Å²) in [6.45, 7) is 3.51. The number of carbonyl (C=O) groups excluding carboxylic acids is 1. The van der Waals surface area contributed by atoms with Gasteiger partial charge in [-0.15, -0.1) is 0 Å². The average molecular weight is 231 g/mol. The molecule has 2 N–H and O–H groups in total. The minimum absolute atomic E-state index is 0.151. The molecule has 2 aromatic rings. The lowest BCUT2D eigenvalue weighted by Gasteiger charge is -2.07. The Kier molecular flexibility index (Phi) is 2.87. The molecular formula is C13H13NO3. The first-order valence-electron chi connectivity index (χ1n) is 5.24. The number of nitrogens with one attached hydrogen (secondary N) is 1. The van der Waals surface area contributed by atoms with E-state index in [2.05, 4.69) is 5.32 Å². The minimum Gasteiger partial charge on any atom is -0.508 e. The summed E-state index contributed by atoms with van der Waals surface area (Å²) in [4.78, 5) is 11.8. The Morgan fingerprint density at radius 2 is 2.00 bits per heavy atom. The van der Waals surface area contributed by atoms with Gasteiger partial charge in [0, 0.05) is 11.3 Å². The van der Waals surface area contributed by atoms with Gasteiger partial charge in [0.25, 0.3) is 5.91 Å². The maximum atomic E-state index is 11.8. The fourth-order valence-electron chi connectivity index (χ4n) is 1.50. The summed E-state index contributed by atoms with van der Waals surface area (Å²) in [6.07, 6.45) is 0. The molecule has 1 amide bonds. The zero-order valence-electron chi connectivity index (χ0n) is 9.65. The number of furan rings is 1. The summed E-state index contributed by atoms with van der Waals surface area (Å²) >= 11 is 0. The van der Waals surface area contributed by atoms with Crippen LogP contribution in [0, 0.1) is 13.8 Å². The number of hydrogen-bond acceptors (Lipinski definition) is 3. The third-order valence-electron chi connectivity index (χ3n) is 2.52. The molecule has 17 heavy (non-hydrogen) atoms. The Morgan fingerprint density at radius 3 is 2.65 bits per heavy atom. The lowest BCUT2D eigenvalue weighted by Crippen LogP contribution is -2.11. The SMILES string of the molecule is Cc1ccc(C(=O)Nc2cccc(O)c2C)o1. The number of amides is 1. The second kappa shape index (κ2) is 4.33. The van der Waals surface area contributed by atoms with Crippen LogP contribution in [0.3, 0.4) is 0 Å². The van der Waals surface area contributed by atoms with Crippen molar-refractivity contribution >= 4 is 11.6 Å². The van der Waals surface area contributed by atoms with Crippen molar-refractivity contribution in [2.45, 2.75) is 13.8 Å². The van der Waals surface area contributed by atoms with Crippen LogP contribution in [0.4, 0.5) is 5.69 Å². The Balaban J connectivity index is 2.21. The van der Waals surface area contributed by atoms with E-state index in [0.717, 1.165) is 0 Å². The highest BCUT2D eigenvalue weighted by molar-refractivity contribution is 6.02. The third-order valence-corrected chi connectivity index (χ3v) is 2.52. The van der Waals surface area contributed by atoms with Crippen molar-refractivity contribution in [2.24, 2.45) is 0 Å². The molecule has 4 heteroatoms. The number of rotatable bonds is 2. The van der Waals surface area contributed by atoms with Gasteiger partial charge in [-0.25, -0.2) is 0 Å². The first-order chi connectivity index (χ1) is 8.08. The van der Waals surface area contributed by atoms with Gasteiger partial charge in [-0.2, -0.15) is 0 Å². The summed E-state index contributed by atoms with van der Waals surface area (Å²) in [6, 6.07) is 8.31. The molecule has 1 aromatic heterocycles. The first kappa shape index (κ1) is 11.3.